The van der Waals surface area contributed by atoms with Gasteiger partial charge in [0, 0.05) is 38.2 Å². The van der Waals surface area contributed by atoms with E-state index in [4.69, 9.17) is 0 Å². The molecule has 106 valence electrons. The van der Waals surface area contributed by atoms with Crippen LogP contribution in [-0.2, 0) is 19.5 Å². The van der Waals surface area contributed by atoms with Gasteiger partial charge in [0.25, 0.3) is 0 Å². The standard InChI is InChI=1S/C16H22N4/c1-17-11-15-3-4-16(19-12-15)13-20(2)10-7-14-5-8-18-9-6-14/h3-6,8-9,12,17H,7,10-11,13H2,1-2H3. The van der Waals surface area contributed by atoms with Crippen LogP contribution in [0.2, 0.25) is 0 Å². The summed E-state index contributed by atoms with van der Waals surface area (Å²) in [6.07, 6.45) is 6.67. The molecule has 4 heteroatoms. The van der Waals surface area contributed by atoms with Gasteiger partial charge in [0.1, 0.15) is 0 Å². The van der Waals surface area contributed by atoms with E-state index in [0.29, 0.717) is 0 Å². The smallest absolute Gasteiger partial charge is 0.0544 e. The molecule has 0 saturated carbocycles. The molecule has 0 atom stereocenters. The monoisotopic (exact) mass is 270 g/mol. The minimum atomic E-state index is 0.866. The van der Waals surface area contributed by atoms with E-state index < -0.39 is 0 Å². The van der Waals surface area contributed by atoms with Crippen molar-refractivity contribution >= 4 is 0 Å². The molecule has 0 fully saturated rings. The SMILES string of the molecule is CNCc1ccc(CN(C)CCc2ccncc2)nc1. The summed E-state index contributed by atoms with van der Waals surface area (Å²) in [5, 5.41) is 3.13. The van der Waals surface area contributed by atoms with E-state index in [-0.39, 0.29) is 0 Å². The summed E-state index contributed by atoms with van der Waals surface area (Å²) in [4.78, 5) is 10.8. The summed E-state index contributed by atoms with van der Waals surface area (Å²) >= 11 is 0. The van der Waals surface area contributed by atoms with E-state index in [2.05, 4.69) is 51.5 Å². The molecule has 2 aromatic rings. The Kier molecular flexibility index (Phi) is 5.65. The lowest BCUT2D eigenvalue weighted by atomic mass is 10.2. The topological polar surface area (TPSA) is 41.0 Å². The number of likely N-dealkylation sites (N-methyl/N-ethyl adjacent to an activating group) is 1. The maximum absolute atomic E-state index is 4.50. The molecule has 0 aromatic carbocycles. The molecular weight excluding hydrogens is 248 g/mol. The zero-order valence-corrected chi connectivity index (χ0v) is 12.2. The summed E-state index contributed by atoms with van der Waals surface area (Å²) in [6.45, 7) is 2.76. The molecule has 4 nitrogen and oxygen atoms in total. The second kappa shape index (κ2) is 7.72. The fourth-order valence-electron chi connectivity index (χ4n) is 2.08. The number of rotatable bonds is 7. The highest BCUT2D eigenvalue weighted by atomic mass is 15.1. The van der Waals surface area contributed by atoms with E-state index in [1.807, 2.05) is 25.6 Å². The third-order valence-corrected chi connectivity index (χ3v) is 3.23. The largest absolute Gasteiger partial charge is 0.316 e. The Bertz CT molecular complexity index is 496. The first-order valence-electron chi connectivity index (χ1n) is 6.94. The minimum absolute atomic E-state index is 0.866. The van der Waals surface area contributed by atoms with Gasteiger partial charge in [-0.05, 0) is 49.8 Å². The molecule has 0 radical (unpaired) electrons. The predicted octanol–water partition coefficient (Wildman–Crippen LogP) is 1.87. The van der Waals surface area contributed by atoms with Gasteiger partial charge in [-0.2, -0.15) is 0 Å². The molecule has 0 bridgehead atoms. The normalized spacial score (nSPS) is 10.9. The predicted molar refractivity (Wildman–Crippen MR) is 81.3 cm³/mol. The Balaban J connectivity index is 1.80. The van der Waals surface area contributed by atoms with Gasteiger partial charge < -0.3 is 10.2 Å². The van der Waals surface area contributed by atoms with Gasteiger partial charge in [-0.1, -0.05) is 6.07 Å². The molecular formula is C16H22N4. The molecule has 1 N–H and O–H groups in total. The first-order valence-corrected chi connectivity index (χ1v) is 6.94. The van der Waals surface area contributed by atoms with Crippen molar-refractivity contribution in [3.8, 4) is 0 Å². The molecule has 0 unspecified atom stereocenters. The van der Waals surface area contributed by atoms with Crippen molar-refractivity contribution in [1.82, 2.24) is 20.2 Å². The van der Waals surface area contributed by atoms with Crippen molar-refractivity contribution in [1.29, 1.82) is 0 Å². The summed E-state index contributed by atoms with van der Waals surface area (Å²) in [5.74, 6) is 0. The Labute approximate surface area is 120 Å². The van der Waals surface area contributed by atoms with Crippen molar-refractivity contribution in [3.05, 3.63) is 59.7 Å². The maximum Gasteiger partial charge on any atom is 0.0544 e. The fraction of sp³-hybridized carbons (Fsp3) is 0.375. The molecule has 0 aliphatic heterocycles. The number of nitrogens with one attached hydrogen (secondary N) is 1. The Hall–Kier alpha value is -1.78. The van der Waals surface area contributed by atoms with Crippen LogP contribution in [0.4, 0.5) is 0 Å². The minimum Gasteiger partial charge on any atom is -0.316 e. The molecule has 0 aliphatic rings. The molecule has 0 aliphatic carbocycles. The van der Waals surface area contributed by atoms with Gasteiger partial charge in [0.15, 0.2) is 0 Å². The Morgan fingerprint density at radius 1 is 1.10 bits per heavy atom. The van der Waals surface area contributed by atoms with E-state index in [1.165, 1.54) is 11.1 Å². The van der Waals surface area contributed by atoms with Gasteiger partial charge >= 0.3 is 0 Å². The molecule has 0 spiro atoms. The van der Waals surface area contributed by atoms with Gasteiger partial charge in [-0.3, -0.25) is 9.97 Å². The first kappa shape index (κ1) is 14.6. The number of pyridine rings is 2. The Morgan fingerprint density at radius 3 is 2.55 bits per heavy atom. The van der Waals surface area contributed by atoms with Crippen LogP contribution >= 0.6 is 0 Å². The van der Waals surface area contributed by atoms with Crippen LogP contribution in [0.1, 0.15) is 16.8 Å². The fourth-order valence-corrected chi connectivity index (χ4v) is 2.08. The molecule has 2 heterocycles. The molecule has 0 saturated heterocycles. The second-order valence-corrected chi connectivity index (χ2v) is 5.03. The number of hydrogen-bond donors (Lipinski definition) is 1. The van der Waals surface area contributed by atoms with Gasteiger partial charge in [0.2, 0.25) is 0 Å². The average molecular weight is 270 g/mol. The number of hydrogen-bond acceptors (Lipinski definition) is 4. The number of nitrogens with zero attached hydrogens (tertiary/aromatic N) is 3. The molecule has 0 amide bonds. The average Bonchev–Trinajstić information content (AvgIpc) is 2.49. The lowest BCUT2D eigenvalue weighted by Gasteiger charge is -2.16. The van der Waals surface area contributed by atoms with E-state index in [0.717, 1.165) is 31.7 Å². The third kappa shape index (κ3) is 4.72. The highest BCUT2D eigenvalue weighted by Crippen LogP contribution is 2.04. The third-order valence-electron chi connectivity index (χ3n) is 3.23. The lowest BCUT2D eigenvalue weighted by Crippen LogP contribution is -2.21. The summed E-state index contributed by atoms with van der Waals surface area (Å²) in [7, 11) is 4.07. The van der Waals surface area contributed by atoms with Crippen molar-refractivity contribution in [3.63, 3.8) is 0 Å². The number of aromatic nitrogens is 2. The van der Waals surface area contributed by atoms with Crippen molar-refractivity contribution in [2.24, 2.45) is 0 Å². The summed E-state index contributed by atoms with van der Waals surface area (Å²) < 4.78 is 0. The van der Waals surface area contributed by atoms with Crippen LogP contribution in [-0.4, -0.2) is 35.5 Å². The summed E-state index contributed by atoms with van der Waals surface area (Å²) in [6, 6.07) is 8.38. The van der Waals surface area contributed by atoms with Crippen molar-refractivity contribution in [2.45, 2.75) is 19.5 Å². The van der Waals surface area contributed by atoms with Crippen LogP contribution < -0.4 is 5.32 Å². The summed E-state index contributed by atoms with van der Waals surface area (Å²) in [5.41, 5.74) is 3.65. The van der Waals surface area contributed by atoms with Gasteiger partial charge in [0.05, 0.1) is 5.69 Å². The van der Waals surface area contributed by atoms with E-state index in [1.54, 1.807) is 0 Å². The van der Waals surface area contributed by atoms with Crippen molar-refractivity contribution in [2.75, 3.05) is 20.6 Å². The van der Waals surface area contributed by atoms with Crippen LogP contribution in [0.3, 0.4) is 0 Å². The zero-order valence-electron chi connectivity index (χ0n) is 12.2. The highest BCUT2D eigenvalue weighted by molar-refractivity contribution is 5.14. The highest BCUT2D eigenvalue weighted by Gasteiger charge is 2.02. The van der Waals surface area contributed by atoms with E-state index in [9.17, 15) is 0 Å². The molecule has 20 heavy (non-hydrogen) atoms. The first-order chi connectivity index (χ1) is 9.78. The van der Waals surface area contributed by atoms with Crippen molar-refractivity contribution < 1.29 is 0 Å². The van der Waals surface area contributed by atoms with Gasteiger partial charge in [-0.15, -0.1) is 0 Å². The van der Waals surface area contributed by atoms with Crippen LogP contribution in [0.15, 0.2) is 42.9 Å². The zero-order chi connectivity index (χ0) is 14.2. The molecule has 2 rings (SSSR count). The van der Waals surface area contributed by atoms with Crippen LogP contribution in [0.25, 0.3) is 0 Å². The quantitative estimate of drug-likeness (QED) is 0.834. The van der Waals surface area contributed by atoms with E-state index >= 15 is 0 Å². The Morgan fingerprint density at radius 2 is 1.90 bits per heavy atom. The van der Waals surface area contributed by atoms with Gasteiger partial charge in [-0.25, -0.2) is 0 Å². The van der Waals surface area contributed by atoms with Crippen LogP contribution in [0.5, 0.6) is 0 Å². The lowest BCUT2D eigenvalue weighted by molar-refractivity contribution is 0.327. The van der Waals surface area contributed by atoms with Crippen LogP contribution in [0, 0.1) is 0 Å². The molecule has 2 aromatic heterocycles. The maximum atomic E-state index is 4.50. The second-order valence-electron chi connectivity index (χ2n) is 5.03.